The fraction of sp³-hybridized carbons (Fsp3) is 0. The van der Waals surface area contributed by atoms with Crippen LogP contribution in [-0.4, -0.2) is 18.4 Å². The van der Waals surface area contributed by atoms with Crippen molar-refractivity contribution in [3.63, 3.8) is 0 Å². The molecule has 0 aliphatic rings. The van der Waals surface area contributed by atoms with Gasteiger partial charge in [0.05, 0.1) is 4.90 Å². The Morgan fingerprint density at radius 2 is 1.94 bits per heavy atom. The van der Waals surface area contributed by atoms with E-state index in [4.69, 9.17) is 23.2 Å². The summed E-state index contributed by atoms with van der Waals surface area (Å²) in [6, 6.07) is 7.30. The van der Waals surface area contributed by atoms with Crippen LogP contribution < -0.4 is 4.72 Å². The van der Waals surface area contributed by atoms with Gasteiger partial charge in [0, 0.05) is 11.2 Å². The summed E-state index contributed by atoms with van der Waals surface area (Å²) in [5.74, 6) is -0.0949. The molecule has 0 amide bonds. The fourth-order valence-corrected chi connectivity index (χ4v) is 2.59. The Morgan fingerprint density at radius 3 is 2.61 bits per heavy atom. The molecule has 2 aromatic rings. The number of rotatable bonds is 3. The smallest absolute Gasteiger partial charge is 0.247 e. The van der Waals surface area contributed by atoms with Crippen LogP contribution in [0.1, 0.15) is 0 Å². The number of anilines is 1. The van der Waals surface area contributed by atoms with Gasteiger partial charge in [-0.3, -0.25) is 0 Å². The molecule has 0 radical (unpaired) electrons. The lowest BCUT2D eigenvalue weighted by atomic mass is 10.4. The molecule has 8 heteroatoms. The SMILES string of the molecule is O=S(=O)(Nc1nccc(Cl)n1)c1cccc(Cl)c1. The number of hydrogen-bond donors (Lipinski definition) is 1. The fourth-order valence-electron chi connectivity index (χ4n) is 1.20. The highest BCUT2D eigenvalue weighted by molar-refractivity contribution is 7.92. The first-order valence-electron chi connectivity index (χ1n) is 4.74. The molecule has 0 saturated carbocycles. The zero-order valence-electron chi connectivity index (χ0n) is 8.84. The van der Waals surface area contributed by atoms with Gasteiger partial charge in [-0.2, -0.15) is 0 Å². The summed E-state index contributed by atoms with van der Waals surface area (Å²) in [7, 11) is -3.77. The van der Waals surface area contributed by atoms with Crippen LogP contribution in [0.3, 0.4) is 0 Å². The van der Waals surface area contributed by atoms with E-state index in [0.29, 0.717) is 5.02 Å². The molecule has 0 atom stereocenters. The highest BCUT2D eigenvalue weighted by Crippen LogP contribution is 2.17. The molecule has 0 aliphatic heterocycles. The van der Waals surface area contributed by atoms with E-state index >= 15 is 0 Å². The van der Waals surface area contributed by atoms with Gasteiger partial charge in [0.25, 0.3) is 10.0 Å². The first kappa shape index (κ1) is 13.1. The summed E-state index contributed by atoms with van der Waals surface area (Å²) in [4.78, 5) is 7.52. The van der Waals surface area contributed by atoms with Crippen LogP contribution in [0.4, 0.5) is 5.95 Å². The van der Waals surface area contributed by atoms with Crippen molar-refractivity contribution in [2.45, 2.75) is 4.90 Å². The van der Waals surface area contributed by atoms with Gasteiger partial charge in [0.2, 0.25) is 5.95 Å². The molecule has 0 unspecified atom stereocenters. The van der Waals surface area contributed by atoms with Crippen LogP contribution in [0.25, 0.3) is 0 Å². The quantitative estimate of drug-likeness (QED) is 0.885. The van der Waals surface area contributed by atoms with E-state index in [1.54, 1.807) is 6.07 Å². The molecule has 2 rings (SSSR count). The van der Waals surface area contributed by atoms with E-state index in [-0.39, 0.29) is 16.0 Å². The molecule has 0 aliphatic carbocycles. The summed E-state index contributed by atoms with van der Waals surface area (Å²) in [6.07, 6.45) is 1.35. The van der Waals surface area contributed by atoms with E-state index in [1.807, 2.05) is 0 Å². The maximum atomic E-state index is 12.0. The van der Waals surface area contributed by atoms with Crippen molar-refractivity contribution >= 4 is 39.2 Å². The van der Waals surface area contributed by atoms with Crippen LogP contribution in [0.5, 0.6) is 0 Å². The third-order valence-electron chi connectivity index (χ3n) is 1.95. The molecule has 5 nitrogen and oxygen atoms in total. The average molecular weight is 304 g/mol. The summed E-state index contributed by atoms with van der Waals surface area (Å²) in [6.45, 7) is 0. The van der Waals surface area contributed by atoms with Crippen LogP contribution in [-0.2, 0) is 10.0 Å². The van der Waals surface area contributed by atoms with E-state index in [2.05, 4.69) is 14.7 Å². The van der Waals surface area contributed by atoms with Crippen molar-refractivity contribution in [1.29, 1.82) is 0 Å². The predicted molar refractivity (Wildman–Crippen MR) is 69.3 cm³/mol. The molecule has 0 saturated heterocycles. The largest absolute Gasteiger partial charge is 0.264 e. The van der Waals surface area contributed by atoms with E-state index in [1.165, 1.54) is 30.5 Å². The van der Waals surface area contributed by atoms with E-state index in [0.717, 1.165) is 0 Å². The van der Waals surface area contributed by atoms with Gasteiger partial charge < -0.3 is 0 Å². The minimum Gasteiger partial charge on any atom is -0.247 e. The van der Waals surface area contributed by atoms with Crippen LogP contribution in [0.15, 0.2) is 41.4 Å². The Labute approximate surface area is 114 Å². The number of hydrogen-bond acceptors (Lipinski definition) is 4. The van der Waals surface area contributed by atoms with Gasteiger partial charge in [-0.1, -0.05) is 29.3 Å². The lowest BCUT2D eigenvalue weighted by Gasteiger charge is -2.06. The van der Waals surface area contributed by atoms with Crippen molar-refractivity contribution < 1.29 is 8.42 Å². The number of halogens is 2. The Kier molecular flexibility index (Phi) is 3.70. The topological polar surface area (TPSA) is 72.0 Å². The van der Waals surface area contributed by atoms with Gasteiger partial charge in [-0.15, -0.1) is 0 Å². The Hall–Kier alpha value is -1.37. The maximum Gasteiger partial charge on any atom is 0.264 e. The van der Waals surface area contributed by atoms with Crippen LogP contribution >= 0.6 is 23.2 Å². The molecule has 18 heavy (non-hydrogen) atoms. The van der Waals surface area contributed by atoms with Gasteiger partial charge >= 0.3 is 0 Å². The molecule has 1 aromatic heterocycles. The highest BCUT2D eigenvalue weighted by Gasteiger charge is 2.15. The number of nitrogens with zero attached hydrogens (tertiary/aromatic N) is 2. The summed E-state index contributed by atoms with van der Waals surface area (Å²) in [5.41, 5.74) is 0. The van der Waals surface area contributed by atoms with E-state index in [9.17, 15) is 8.42 Å². The molecule has 0 fully saturated rings. The normalized spacial score (nSPS) is 11.2. The van der Waals surface area contributed by atoms with Crippen molar-refractivity contribution in [2.24, 2.45) is 0 Å². The summed E-state index contributed by atoms with van der Waals surface area (Å²) in [5, 5.41) is 0.471. The molecule has 1 heterocycles. The third kappa shape index (κ3) is 3.10. The van der Waals surface area contributed by atoms with Crippen molar-refractivity contribution in [3.8, 4) is 0 Å². The lowest BCUT2D eigenvalue weighted by molar-refractivity contribution is 0.601. The number of aromatic nitrogens is 2. The molecule has 1 aromatic carbocycles. The van der Waals surface area contributed by atoms with Gasteiger partial charge in [0.15, 0.2) is 0 Å². The first-order chi connectivity index (χ1) is 8.47. The first-order valence-corrected chi connectivity index (χ1v) is 6.98. The average Bonchev–Trinajstić information content (AvgIpc) is 2.28. The molecule has 94 valence electrons. The molecule has 0 bridgehead atoms. The van der Waals surface area contributed by atoms with Gasteiger partial charge in [-0.05, 0) is 24.3 Å². The zero-order valence-corrected chi connectivity index (χ0v) is 11.2. The van der Waals surface area contributed by atoms with Crippen LogP contribution in [0.2, 0.25) is 10.2 Å². The second kappa shape index (κ2) is 5.09. The molecule has 1 N–H and O–H groups in total. The monoisotopic (exact) mass is 303 g/mol. The second-order valence-corrected chi connectivity index (χ2v) is 5.77. The van der Waals surface area contributed by atoms with Crippen molar-refractivity contribution in [1.82, 2.24) is 9.97 Å². The number of sulfonamides is 1. The van der Waals surface area contributed by atoms with Crippen LogP contribution in [0, 0.1) is 0 Å². The molecule has 0 spiro atoms. The zero-order chi connectivity index (χ0) is 13.2. The summed E-state index contributed by atoms with van der Waals surface area (Å²) < 4.78 is 26.2. The van der Waals surface area contributed by atoms with Gasteiger partial charge in [-0.25, -0.2) is 23.1 Å². The number of nitrogens with one attached hydrogen (secondary N) is 1. The van der Waals surface area contributed by atoms with Crippen molar-refractivity contribution in [2.75, 3.05) is 4.72 Å². The molecular weight excluding hydrogens is 297 g/mol. The maximum absolute atomic E-state index is 12.0. The predicted octanol–water partition coefficient (Wildman–Crippen LogP) is 2.58. The second-order valence-electron chi connectivity index (χ2n) is 3.27. The number of benzene rings is 1. The minimum atomic E-state index is -3.77. The van der Waals surface area contributed by atoms with Gasteiger partial charge in [0.1, 0.15) is 5.15 Å². The standard InChI is InChI=1S/C10H7Cl2N3O2S/c11-7-2-1-3-8(6-7)18(16,17)15-10-13-5-4-9(12)14-10/h1-6H,(H,13,14,15). The highest BCUT2D eigenvalue weighted by atomic mass is 35.5. The Bertz CT molecular complexity index is 676. The van der Waals surface area contributed by atoms with Crippen molar-refractivity contribution in [3.05, 3.63) is 46.7 Å². The Balaban J connectivity index is 2.33. The summed E-state index contributed by atoms with van der Waals surface area (Å²) >= 11 is 11.4. The third-order valence-corrected chi connectivity index (χ3v) is 3.73. The lowest BCUT2D eigenvalue weighted by Crippen LogP contribution is -2.14. The molecular formula is C10H7Cl2N3O2S. The van der Waals surface area contributed by atoms with E-state index < -0.39 is 10.0 Å². The Morgan fingerprint density at radius 1 is 1.17 bits per heavy atom. The minimum absolute atomic E-state index is 0.0265.